The van der Waals surface area contributed by atoms with Crippen molar-refractivity contribution in [2.24, 2.45) is 0 Å². The molecule has 1 heterocycles. The molecule has 2 aromatic rings. The van der Waals surface area contributed by atoms with Crippen molar-refractivity contribution >= 4 is 35.0 Å². The zero-order valence-corrected chi connectivity index (χ0v) is 12.8. The van der Waals surface area contributed by atoms with Crippen molar-refractivity contribution < 1.29 is 4.74 Å². The minimum absolute atomic E-state index is 0.534. The van der Waals surface area contributed by atoms with Gasteiger partial charge >= 0.3 is 0 Å². The van der Waals surface area contributed by atoms with Crippen molar-refractivity contribution in [3.8, 4) is 5.75 Å². The number of aromatic amines is 1. The molecule has 0 aliphatic heterocycles. The van der Waals surface area contributed by atoms with Crippen LogP contribution in [0.3, 0.4) is 0 Å². The van der Waals surface area contributed by atoms with E-state index in [9.17, 15) is 0 Å². The molecule has 0 radical (unpaired) electrons. The number of thioether (sulfide) groups is 1. The van der Waals surface area contributed by atoms with Crippen molar-refractivity contribution in [1.29, 1.82) is 0 Å². The molecule has 1 saturated carbocycles. The number of nitrogens with zero attached hydrogens (tertiary/aromatic N) is 1. The summed E-state index contributed by atoms with van der Waals surface area (Å²) in [5, 5.41) is 0.773. The Kier molecular flexibility index (Phi) is 3.58. The zero-order chi connectivity index (χ0) is 13.4. The largest absolute Gasteiger partial charge is 0.497 e. The van der Waals surface area contributed by atoms with E-state index in [1.54, 1.807) is 7.11 Å². The maximum Gasteiger partial charge on any atom is 0.178 e. The van der Waals surface area contributed by atoms with Crippen molar-refractivity contribution in [1.82, 2.24) is 9.55 Å². The first kappa shape index (κ1) is 13.1. The minimum atomic E-state index is 0.534. The molecule has 1 fully saturated rings. The van der Waals surface area contributed by atoms with E-state index >= 15 is 0 Å². The summed E-state index contributed by atoms with van der Waals surface area (Å²) in [5.41, 5.74) is 2.26. The first-order chi connectivity index (χ1) is 9.22. The second kappa shape index (κ2) is 5.21. The zero-order valence-electron chi connectivity index (χ0n) is 11.2. The molecule has 1 aliphatic carbocycles. The SMILES string of the molecule is COc1ccc2c(c1)[nH]c(=S)n2C1CCC(SC)C1. The molecule has 3 nitrogen and oxygen atoms in total. The Labute approximate surface area is 122 Å². The van der Waals surface area contributed by atoms with Gasteiger partial charge in [-0.3, -0.25) is 0 Å². The second-order valence-electron chi connectivity index (χ2n) is 5.01. The molecule has 0 amide bonds. The van der Waals surface area contributed by atoms with Gasteiger partial charge in [0, 0.05) is 17.4 Å². The molecule has 102 valence electrons. The molecule has 2 unspecified atom stereocenters. The smallest absolute Gasteiger partial charge is 0.178 e. The third-order valence-corrected chi connectivity index (χ3v) is 5.37. The third-order valence-electron chi connectivity index (χ3n) is 3.98. The van der Waals surface area contributed by atoms with Crippen LogP contribution >= 0.6 is 24.0 Å². The Bertz CT molecular complexity index is 646. The average molecular weight is 294 g/mol. The quantitative estimate of drug-likeness (QED) is 0.862. The van der Waals surface area contributed by atoms with Gasteiger partial charge in [0.05, 0.1) is 18.1 Å². The Morgan fingerprint density at radius 1 is 1.42 bits per heavy atom. The first-order valence-corrected chi connectivity index (χ1v) is 8.23. The van der Waals surface area contributed by atoms with Gasteiger partial charge in [0.15, 0.2) is 4.77 Å². The highest BCUT2D eigenvalue weighted by Gasteiger charge is 2.26. The fourth-order valence-corrected chi connectivity index (χ4v) is 4.11. The first-order valence-electron chi connectivity index (χ1n) is 6.54. The van der Waals surface area contributed by atoms with Crippen molar-refractivity contribution in [3.05, 3.63) is 23.0 Å². The lowest BCUT2D eigenvalue weighted by Gasteiger charge is -2.13. The Morgan fingerprint density at radius 2 is 2.26 bits per heavy atom. The number of fused-ring (bicyclic) bond motifs is 1. The minimum Gasteiger partial charge on any atom is -0.497 e. The lowest BCUT2D eigenvalue weighted by atomic mass is 10.2. The summed E-state index contributed by atoms with van der Waals surface area (Å²) < 4.78 is 8.39. The molecule has 1 aliphatic rings. The molecule has 3 rings (SSSR count). The highest BCUT2D eigenvalue weighted by atomic mass is 32.2. The molecular weight excluding hydrogens is 276 g/mol. The van der Waals surface area contributed by atoms with Gasteiger partial charge in [-0.2, -0.15) is 11.8 Å². The van der Waals surface area contributed by atoms with Crippen molar-refractivity contribution in [2.75, 3.05) is 13.4 Å². The molecule has 1 N–H and O–H groups in total. The molecule has 2 atom stereocenters. The molecule has 19 heavy (non-hydrogen) atoms. The monoisotopic (exact) mass is 294 g/mol. The van der Waals surface area contributed by atoms with Crippen LogP contribution in [0.4, 0.5) is 0 Å². The van der Waals surface area contributed by atoms with Crippen LogP contribution in [0.25, 0.3) is 11.0 Å². The second-order valence-corrected chi connectivity index (χ2v) is 6.53. The molecular formula is C14H18N2OS2. The number of benzene rings is 1. The molecule has 1 aromatic heterocycles. The molecule has 0 spiro atoms. The van der Waals surface area contributed by atoms with Crippen LogP contribution in [-0.2, 0) is 0 Å². The van der Waals surface area contributed by atoms with Gasteiger partial charge in [0.2, 0.25) is 0 Å². The van der Waals surface area contributed by atoms with Crippen LogP contribution in [0.5, 0.6) is 5.75 Å². The van der Waals surface area contributed by atoms with E-state index < -0.39 is 0 Å². The summed E-state index contributed by atoms with van der Waals surface area (Å²) in [6.07, 6.45) is 5.93. The van der Waals surface area contributed by atoms with Gasteiger partial charge in [0.1, 0.15) is 5.75 Å². The number of hydrogen-bond acceptors (Lipinski definition) is 3. The Balaban J connectivity index is 2.04. The van der Waals surface area contributed by atoms with Gasteiger partial charge in [-0.1, -0.05) is 0 Å². The van der Waals surface area contributed by atoms with E-state index in [2.05, 4.69) is 21.9 Å². The molecule has 1 aromatic carbocycles. The number of rotatable bonds is 3. The average Bonchev–Trinajstić information content (AvgIpc) is 3.00. The molecule has 5 heteroatoms. The van der Waals surface area contributed by atoms with Crippen LogP contribution in [0.15, 0.2) is 18.2 Å². The number of imidazole rings is 1. The van der Waals surface area contributed by atoms with Crippen LogP contribution in [0, 0.1) is 4.77 Å². The van der Waals surface area contributed by atoms with E-state index in [1.807, 2.05) is 23.9 Å². The number of aromatic nitrogens is 2. The van der Waals surface area contributed by atoms with E-state index in [1.165, 1.54) is 24.8 Å². The lowest BCUT2D eigenvalue weighted by molar-refractivity contribution is 0.415. The standard InChI is InChI=1S/C14H18N2OS2/c1-17-10-4-6-13-12(8-10)15-14(18)16(13)9-3-5-11(7-9)19-2/h4,6,8-9,11H,3,5,7H2,1-2H3,(H,15,18). The summed E-state index contributed by atoms with van der Waals surface area (Å²) in [7, 11) is 1.69. The number of hydrogen-bond donors (Lipinski definition) is 1. The van der Waals surface area contributed by atoms with Gasteiger partial charge in [-0.05, 0) is 49.9 Å². The van der Waals surface area contributed by atoms with E-state index in [0.29, 0.717) is 6.04 Å². The summed E-state index contributed by atoms with van der Waals surface area (Å²) in [4.78, 5) is 3.30. The number of nitrogens with one attached hydrogen (secondary N) is 1. The maximum atomic E-state index is 5.50. The predicted octanol–water partition coefficient (Wildman–Crippen LogP) is 4.16. The van der Waals surface area contributed by atoms with Crippen LogP contribution in [-0.4, -0.2) is 28.2 Å². The van der Waals surface area contributed by atoms with Gasteiger partial charge in [-0.15, -0.1) is 0 Å². The van der Waals surface area contributed by atoms with Gasteiger partial charge < -0.3 is 14.3 Å². The van der Waals surface area contributed by atoms with Crippen molar-refractivity contribution in [3.63, 3.8) is 0 Å². The highest BCUT2D eigenvalue weighted by molar-refractivity contribution is 7.99. The number of methoxy groups -OCH3 is 1. The predicted molar refractivity (Wildman–Crippen MR) is 83.9 cm³/mol. The van der Waals surface area contributed by atoms with Crippen molar-refractivity contribution in [2.45, 2.75) is 30.6 Å². The summed E-state index contributed by atoms with van der Waals surface area (Å²) >= 11 is 7.48. The fourth-order valence-electron chi connectivity index (χ4n) is 2.97. The number of ether oxygens (including phenoxy) is 1. The van der Waals surface area contributed by atoms with Crippen LogP contribution in [0.2, 0.25) is 0 Å². The molecule has 0 bridgehead atoms. The fraction of sp³-hybridized carbons (Fsp3) is 0.500. The Morgan fingerprint density at radius 3 is 2.95 bits per heavy atom. The van der Waals surface area contributed by atoms with E-state index in [0.717, 1.165) is 21.3 Å². The number of H-pyrrole nitrogens is 1. The van der Waals surface area contributed by atoms with Gasteiger partial charge in [-0.25, -0.2) is 0 Å². The highest BCUT2D eigenvalue weighted by Crippen LogP contribution is 2.38. The normalized spacial score (nSPS) is 23.1. The summed E-state index contributed by atoms with van der Waals surface area (Å²) in [5.74, 6) is 0.865. The molecule has 0 saturated heterocycles. The maximum absolute atomic E-state index is 5.50. The van der Waals surface area contributed by atoms with E-state index in [-0.39, 0.29) is 0 Å². The lowest BCUT2D eigenvalue weighted by Crippen LogP contribution is -2.06. The van der Waals surface area contributed by atoms with Crippen LogP contribution in [0.1, 0.15) is 25.3 Å². The van der Waals surface area contributed by atoms with Crippen LogP contribution < -0.4 is 4.74 Å². The third kappa shape index (κ3) is 2.30. The Hall–Kier alpha value is -0.940. The topological polar surface area (TPSA) is 29.9 Å². The van der Waals surface area contributed by atoms with Gasteiger partial charge in [0.25, 0.3) is 0 Å². The van der Waals surface area contributed by atoms with E-state index in [4.69, 9.17) is 17.0 Å². The summed E-state index contributed by atoms with van der Waals surface area (Å²) in [6.45, 7) is 0. The summed E-state index contributed by atoms with van der Waals surface area (Å²) in [6, 6.07) is 6.66.